The van der Waals surface area contributed by atoms with Gasteiger partial charge in [0, 0.05) is 0 Å². The van der Waals surface area contributed by atoms with Gasteiger partial charge in [0.25, 0.3) is 0 Å². The minimum atomic E-state index is -1.34. The van der Waals surface area contributed by atoms with Crippen molar-refractivity contribution in [3.63, 3.8) is 0 Å². The Labute approximate surface area is 109 Å². The first kappa shape index (κ1) is 16.4. The van der Waals surface area contributed by atoms with Gasteiger partial charge in [0.1, 0.15) is 0 Å². The van der Waals surface area contributed by atoms with Crippen molar-refractivity contribution < 1.29 is 19.1 Å². The third-order valence-corrected chi connectivity index (χ3v) is 2.48. The zero-order valence-corrected chi connectivity index (χ0v) is 11.2. The Balaban J connectivity index is 5.17. The summed E-state index contributed by atoms with van der Waals surface area (Å²) in [5, 5.41) is 0. The normalized spacial score (nSPS) is 10.6. The Kier molecular flexibility index (Phi) is 7.76. The van der Waals surface area contributed by atoms with Gasteiger partial charge in [-0.05, 0) is 26.2 Å². The van der Waals surface area contributed by atoms with Crippen LogP contribution in [0.4, 0.5) is 0 Å². The average molecular weight is 254 g/mol. The molecule has 0 aliphatic heterocycles. The van der Waals surface area contributed by atoms with E-state index in [1.165, 1.54) is 12.2 Å². The predicted octanol–water partition coefficient (Wildman–Crippen LogP) is 2.64. The Bertz CT molecular complexity index is 297. The number of ether oxygens (including phenoxy) is 2. The van der Waals surface area contributed by atoms with Gasteiger partial charge in [0.15, 0.2) is 5.41 Å². The van der Waals surface area contributed by atoms with Gasteiger partial charge in [0.2, 0.25) is 0 Å². The lowest BCUT2D eigenvalue weighted by Gasteiger charge is -2.26. The summed E-state index contributed by atoms with van der Waals surface area (Å²) in [5.74, 6) is -1.14. The van der Waals surface area contributed by atoms with Crippen molar-refractivity contribution in [2.75, 3.05) is 13.2 Å². The van der Waals surface area contributed by atoms with Gasteiger partial charge in [-0.3, -0.25) is 9.59 Å². The van der Waals surface area contributed by atoms with E-state index in [-0.39, 0.29) is 26.1 Å². The van der Waals surface area contributed by atoms with Crippen LogP contribution in [0.2, 0.25) is 0 Å². The summed E-state index contributed by atoms with van der Waals surface area (Å²) in [6, 6.07) is 0. The third-order valence-electron chi connectivity index (χ3n) is 2.48. The van der Waals surface area contributed by atoms with Gasteiger partial charge >= 0.3 is 11.9 Å². The summed E-state index contributed by atoms with van der Waals surface area (Å²) in [6.07, 6.45) is 4.11. The van der Waals surface area contributed by atoms with Gasteiger partial charge < -0.3 is 9.47 Å². The molecule has 0 aromatic carbocycles. The maximum Gasteiger partial charge on any atom is 0.324 e. The third kappa shape index (κ3) is 4.02. The molecule has 0 radical (unpaired) electrons. The molecule has 4 nitrogen and oxygen atoms in total. The lowest BCUT2D eigenvalue weighted by atomic mass is 9.81. The highest BCUT2D eigenvalue weighted by Crippen LogP contribution is 2.31. The molecule has 0 spiro atoms. The van der Waals surface area contributed by atoms with Crippen molar-refractivity contribution in [1.82, 2.24) is 0 Å². The maximum absolute atomic E-state index is 12.1. The van der Waals surface area contributed by atoms with E-state index >= 15 is 0 Å². The molecule has 0 bridgehead atoms. The van der Waals surface area contributed by atoms with Crippen LogP contribution >= 0.6 is 0 Å². The lowest BCUT2D eigenvalue weighted by Crippen LogP contribution is -2.41. The molecule has 0 saturated heterocycles. The molecule has 0 aliphatic rings. The largest absolute Gasteiger partial charge is 0.465 e. The fourth-order valence-electron chi connectivity index (χ4n) is 1.59. The number of carbonyl (C=O) groups excluding carboxylic acids is 2. The summed E-state index contributed by atoms with van der Waals surface area (Å²) in [7, 11) is 0. The summed E-state index contributed by atoms with van der Waals surface area (Å²) >= 11 is 0. The SMILES string of the molecule is C=CCC(CC=C)(C(=O)OCC)C(=O)OCCC. The molecule has 0 aromatic heterocycles. The monoisotopic (exact) mass is 254 g/mol. The van der Waals surface area contributed by atoms with Crippen molar-refractivity contribution in [1.29, 1.82) is 0 Å². The van der Waals surface area contributed by atoms with Crippen molar-refractivity contribution in [3.8, 4) is 0 Å². The van der Waals surface area contributed by atoms with E-state index in [1.807, 2.05) is 6.92 Å². The summed E-state index contributed by atoms with van der Waals surface area (Å²) in [6.45, 7) is 11.3. The second-order valence-electron chi connectivity index (χ2n) is 3.92. The fraction of sp³-hybridized carbons (Fsp3) is 0.571. The number of allylic oxidation sites excluding steroid dienone is 2. The summed E-state index contributed by atoms with van der Waals surface area (Å²) in [5.41, 5.74) is -1.34. The number of carbonyl (C=O) groups is 2. The van der Waals surface area contributed by atoms with Crippen LogP contribution in [-0.4, -0.2) is 25.2 Å². The molecule has 0 rings (SSSR count). The number of hydrogen-bond donors (Lipinski definition) is 0. The zero-order chi connectivity index (χ0) is 14.0. The standard InChI is InChI=1S/C14H22O4/c1-5-9-14(10-6-2,12(15)17-8-4)13(16)18-11-7-3/h5-6H,1-2,7-11H2,3-4H3. The molecule has 0 fully saturated rings. The van der Waals surface area contributed by atoms with E-state index in [2.05, 4.69) is 13.2 Å². The van der Waals surface area contributed by atoms with Crippen LogP contribution in [-0.2, 0) is 19.1 Å². The number of hydrogen-bond acceptors (Lipinski definition) is 4. The highest BCUT2D eigenvalue weighted by Gasteiger charge is 2.46. The van der Waals surface area contributed by atoms with Gasteiger partial charge in [-0.1, -0.05) is 19.1 Å². The van der Waals surface area contributed by atoms with Crippen LogP contribution in [0.3, 0.4) is 0 Å². The van der Waals surface area contributed by atoms with Crippen LogP contribution in [0.1, 0.15) is 33.1 Å². The Morgan fingerprint density at radius 2 is 1.56 bits per heavy atom. The topological polar surface area (TPSA) is 52.6 Å². The van der Waals surface area contributed by atoms with Crippen LogP contribution in [0.5, 0.6) is 0 Å². The molecule has 0 N–H and O–H groups in total. The van der Waals surface area contributed by atoms with Crippen molar-refractivity contribution in [3.05, 3.63) is 25.3 Å². The van der Waals surface area contributed by atoms with E-state index in [1.54, 1.807) is 6.92 Å². The number of esters is 2. The molecule has 18 heavy (non-hydrogen) atoms. The Morgan fingerprint density at radius 1 is 1.06 bits per heavy atom. The van der Waals surface area contributed by atoms with Crippen LogP contribution in [0, 0.1) is 5.41 Å². The molecule has 0 aromatic rings. The zero-order valence-electron chi connectivity index (χ0n) is 11.2. The molecule has 0 amide bonds. The highest BCUT2D eigenvalue weighted by atomic mass is 16.6. The first-order valence-electron chi connectivity index (χ1n) is 6.15. The molecule has 0 atom stereocenters. The van der Waals surface area contributed by atoms with Gasteiger partial charge in [-0.15, -0.1) is 13.2 Å². The summed E-state index contributed by atoms with van der Waals surface area (Å²) < 4.78 is 10.1. The van der Waals surface area contributed by atoms with Crippen LogP contribution < -0.4 is 0 Å². The molecule has 0 aliphatic carbocycles. The molecule has 0 heterocycles. The minimum absolute atomic E-state index is 0.181. The molecule has 0 unspecified atom stereocenters. The molecular formula is C14H22O4. The highest BCUT2D eigenvalue weighted by molar-refractivity contribution is 6.00. The van der Waals surface area contributed by atoms with Crippen molar-refractivity contribution >= 4 is 11.9 Å². The van der Waals surface area contributed by atoms with Crippen LogP contribution in [0.25, 0.3) is 0 Å². The average Bonchev–Trinajstić information content (AvgIpc) is 2.35. The molecular weight excluding hydrogens is 232 g/mol. The Hall–Kier alpha value is -1.58. The van der Waals surface area contributed by atoms with Crippen molar-refractivity contribution in [2.24, 2.45) is 5.41 Å². The second kappa shape index (κ2) is 8.50. The van der Waals surface area contributed by atoms with Crippen LogP contribution in [0.15, 0.2) is 25.3 Å². The van der Waals surface area contributed by atoms with E-state index < -0.39 is 17.4 Å². The maximum atomic E-state index is 12.1. The lowest BCUT2D eigenvalue weighted by molar-refractivity contribution is -0.172. The van der Waals surface area contributed by atoms with E-state index in [0.717, 1.165) is 0 Å². The smallest absolute Gasteiger partial charge is 0.324 e. The van der Waals surface area contributed by atoms with E-state index in [9.17, 15) is 9.59 Å². The first-order valence-corrected chi connectivity index (χ1v) is 6.15. The molecule has 0 saturated carbocycles. The molecule has 4 heteroatoms. The van der Waals surface area contributed by atoms with Gasteiger partial charge in [-0.25, -0.2) is 0 Å². The van der Waals surface area contributed by atoms with Gasteiger partial charge in [0.05, 0.1) is 13.2 Å². The fourth-order valence-corrected chi connectivity index (χ4v) is 1.59. The first-order chi connectivity index (χ1) is 8.58. The van der Waals surface area contributed by atoms with Crippen molar-refractivity contribution in [2.45, 2.75) is 33.1 Å². The van der Waals surface area contributed by atoms with E-state index in [0.29, 0.717) is 6.42 Å². The predicted molar refractivity (Wildman–Crippen MR) is 69.9 cm³/mol. The van der Waals surface area contributed by atoms with Gasteiger partial charge in [-0.2, -0.15) is 0 Å². The quantitative estimate of drug-likeness (QED) is 0.360. The molecule has 102 valence electrons. The minimum Gasteiger partial charge on any atom is -0.465 e. The Morgan fingerprint density at radius 3 is 1.94 bits per heavy atom. The second-order valence-corrected chi connectivity index (χ2v) is 3.92. The number of rotatable bonds is 9. The van der Waals surface area contributed by atoms with E-state index in [4.69, 9.17) is 9.47 Å². The summed E-state index contributed by atoms with van der Waals surface area (Å²) in [4.78, 5) is 24.1.